The van der Waals surface area contributed by atoms with E-state index >= 15 is 0 Å². The predicted octanol–water partition coefficient (Wildman–Crippen LogP) is 1.63. The summed E-state index contributed by atoms with van der Waals surface area (Å²) >= 11 is 5.93. The Morgan fingerprint density at radius 3 is 2.67 bits per heavy atom. The van der Waals surface area contributed by atoms with Crippen LogP contribution in [0.15, 0.2) is 18.2 Å². The summed E-state index contributed by atoms with van der Waals surface area (Å²) in [5.74, 6) is -2.10. The molecule has 0 spiro atoms. The molecule has 3 heterocycles. The first kappa shape index (κ1) is 15.6. The van der Waals surface area contributed by atoms with Gasteiger partial charge in [-0.25, -0.2) is 4.90 Å². The van der Waals surface area contributed by atoms with E-state index in [4.69, 9.17) is 21.6 Å². The average molecular weight is 347 g/mol. The van der Waals surface area contributed by atoms with Crippen LogP contribution in [-0.2, 0) is 14.3 Å². The lowest BCUT2D eigenvalue weighted by Crippen LogP contribution is -2.49. The lowest BCUT2D eigenvalue weighted by molar-refractivity contribution is -0.132. The molecule has 5 atom stereocenters. The molecule has 6 nitrogen and oxygen atoms in total. The number of hydrogen-bond acceptors (Lipinski definition) is 5. The number of hydrogen-bond donors (Lipinski definition) is 1. The number of ether oxygens (including phenoxy) is 1. The number of halogens is 1. The summed E-state index contributed by atoms with van der Waals surface area (Å²) in [6, 6.07) is 6.42. The van der Waals surface area contributed by atoms with Gasteiger partial charge in [-0.3, -0.25) is 9.59 Å². The van der Waals surface area contributed by atoms with Gasteiger partial charge < -0.3 is 9.84 Å². The first-order valence-electron chi connectivity index (χ1n) is 7.68. The molecule has 0 saturated carbocycles. The van der Waals surface area contributed by atoms with Gasteiger partial charge in [0.25, 0.3) is 0 Å². The molecule has 0 aliphatic carbocycles. The summed E-state index contributed by atoms with van der Waals surface area (Å²) in [6.45, 7) is 3.45. The number of amides is 2. The quantitative estimate of drug-likeness (QED) is 0.780. The minimum absolute atomic E-state index is 0.198. The van der Waals surface area contributed by atoms with Crippen molar-refractivity contribution in [1.82, 2.24) is 0 Å². The number of nitrogens with zero attached hydrogens (tertiary/aromatic N) is 2. The van der Waals surface area contributed by atoms with Crippen molar-refractivity contribution in [3.8, 4) is 6.07 Å². The third kappa shape index (κ3) is 1.67. The van der Waals surface area contributed by atoms with Crippen LogP contribution in [0.1, 0.15) is 25.8 Å². The van der Waals surface area contributed by atoms with E-state index in [1.165, 1.54) is 12.1 Å². The van der Waals surface area contributed by atoms with Crippen molar-refractivity contribution >= 4 is 29.1 Å². The van der Waals surface area contributed by atoms with E-state index < -0.39 is 35.0 Å². The zero-order valence-electron chi connectivity index (χ0n) is 13.1. The van der Waals surface area contributed by atoms with Gasteiger partial charge in [-0.2, -0.15) is 5.26 Å². The van der Waals surface area contributed by atoms with Crippen LogP contribution in [0.3, 0.4) is 0 Å². The van der Waals surface area contributed by atoms with Gasteiger partial charge in [0.2, 0.25) is 11.8 Å². The number of carbonyl (C=O) groups excluding carboxylic acids is 2. The highest BCUT2D eigenvalue weighted by atomic mass is 35.5. The molecule has 7 heteroatoms. The van der Waals surface area contributed by atoms with Crippen molar-refractivity contribution < 1.29 is 19.4 Å². The fraction of sp³-hybridized carbons (Fsp3) is 0.471. The van der Waals surface area contributed by atoms with Gasteiger partial charge in [0.15, 0.2) is 0 Å². The molecule has 124 valence electrons. The number of anilines is 1. The summed E-state index contributed by atoms with van der Waals surface area (Å²) < 4.78 is 5.92. The Bertz CT molecular complexity index is 834. The zero-order valence-corrected chi connectivity index (χ0v) is 13.9. The monoisotopic (exact) mass is 346 g/mol. The largest absolute Gasteiger partial charge is 0.390 e. The number of carbonyl (C=O) groups is 2. The molecule has 0 radical (unpaired) electrons. The number of benzene rings is 1. The Kier molecular flexibility index (Phi) is 2.97. The minimum Gasteiger partial charge on any atom is -0.390 e. The predicted molar refractivity (Wildman–Crippen MR) is 84.2 cm³/mol. The summed E-state index contributed by atoms with van der Waals surface area (Å²) in [4.78, 5) is 27.0. The number of aliphatic hydroxyl groups is 1. The molecular weight excluding hydrogens is 332 g/mol. The van der Waals surface area contributed by atoms with Crippen molar-refractivity contribution in [1.29, 1.82) is 5.26 Å². The molecule has 2 amide bonds. The second kappa shape index (κ2) is 4.57. The van der Waals surface area contributed by atoms with Gasteiger partial charge in [-0.1, -0.05) is 11.6 Å². The molecule has 3 aliphatic rings. The fourth-order valence-corrected chi connectivity index (χ4v) is 4.67. The average Bonchev–Trinajstić information content (AvgIpc) is 3.02. The first-order valence-corrected chi connectivity index (χ1v) is 8.06. The summed E-state index contributed by atoms with van der Waals surface area (Å²) in [5, 5.41) is 19.7. The lowest BCUT2D eigenvalue weighted by atomic mass is 9.67. The minimum atomic E-state index is -1.06. The molecule has 0 unspecified atom stereocenters. The van der Waals surface area contributed by atoms with Gasteiger partial charge >= 0.3 is 0 Å². The van der Waals surface area contributed by atoms with Crippen molar-refractivity contribution in [2.75, 3.05) is 4.90 Å². The number of fused-ring (bicyclic) bond motifs is 5. The zero-order chi connectivity index (χ0) is 17.4. The Hall–Kier alpha value is -1.94. The summed E-state index contributed by atoms with van der Waals surface area (Å²) in [6.07, 6.45) is -0.470. The van der Waals surface area contributed by atoms with E-state index in [9.17, 15) is 14.7 Å². The SMILES string of the molecule is C[C@@]12O[C@@](C)(C[C@@H]1O)[C@H]1C(=O)N(c3ccc(Cl)c(C#N)c3)C(=O)[C@H]12. The lowest BCUT2D eigenvalue weighted by Gasteiger charge is -2.31. The van der Waals surface area contributed by atoms with Crippen molar-refractivity contribution in [3.63, 3.8) is 0 Å². The van der Waals surface area contributed by atoms with Crippen LogP contribution in [0, 0.1) is 23.2 Å². The van der Waals surface area contributed by atoms with Crippen LogP contribution in [-0.4, -0.2) is 34.2 Å². The summed E-state index contributed by atoms with van der Waals surface area (Å²) in [5.41, 5.74) is -1.40. The van der Waals surface area contributed by atoms with E-state index in [1.54, 1.807) is 19.9 Å². The van der Waals surface area contributed by atoms with Crippen LogP contribution in [0.4, 0.5) is 5.69 Å². The highest BCUT2D eigenvalue weighted by Gasteiger charge is 2.75. The first-order chi connectivity index (χ1) is 11.2. The van der Waals surface area contributed by atoms with Gasteiger partial charge in [-0.15, -0.1) is 0 Å². The van der Waals surface area contributed by atoms with E-state index in [0.717, 1.165) is 4.90 Å². The maximum atomic E-state index is 13.0. The highest BCUT2D eigenvalue weighted by molar-refractivity contribution is 6.32. The van der Waals surface area contributed by atoms with Crippen LogP contribution in [0.5, 0.6) is 0 Å². The van der Waals surface area contributed by atoms with E-state index in [1.807, 2.05) is 6.07 Å². The van der Waals surface area contributed by atoms with E-state index in [-0.39, 0.29) is 16.5 Å². The Balaban J connectivity index is 1.81. The van der Waals surface area contributed by atoms with Crippen molar-refractivity contribution in [2.45, 2.75) is 37.6 Å². The molecule has 3 aliphatic heterocycles. The van der Waals surface area contributed by atoms with E-state index in [2.05, 4.69) is 0 Å². The van der Waals surface area contributed by atoms with Gasteiger partial charge in [0.1, 0.15) is 11.7 Å². The maximum Gasteiger partial charge on any atom is 0.240 e. The maximum absolute atomic E-state index is 13.0. The smallest absolute Gasteiger partial charge is 0.240 e. The van der Waals surface area contributed by atoms with Crippen molar-refractivity contribution in [3.05, 3.63) is 28.8 Å². The van der Waals surface area contributed by atoms with E-state index in [0.29, 0.717) is 12.1 Å². The molecular formula is C17H15ClN2O4. The Morgan fingerprint density at radius 1 is 1.33 bits per heavy atom. The second-order valence-electron chi connectivity index (χ2n) is 7.06. The second-order valence-corrected chi connectivity index (χ2v) is 7.47. The molecule has 1 N–H and O–H groups in total. The normalized spacial score (nSPS) is 40.1. The van der Waals surface area contributed by atoms with Gasteiger partial charge in [0.05, 0.1) is 39.8 Å². The van der Waals surface area contributed by atoms with Crippen LogP contribution >= 0.6 is 11.6 Å². The van der Waals surface area contributed by atoms with Crippen LogP contribution in [0.25, 0.3) is 0 Å². The molecule has 3 saturated heterocycles. The fourth-order valence-electron chi connectivity index (χ4n) is 4.51. The molecule has 24 heavy (non-hydrogen) atoms. The van der Waals surface area contributed by atoms with Gasteiger partial charge in [-0.05, 0) is 32.0 Å². The molecule has 4 rings (SSSR count). The van der Waals surface area contributed by atoms with Crippen molar-refractivity contribution in [2.24, 2.45) is 11.8 Å². The number of aliphatic hydroxyl groups excluding tert-OH is 1. The third-order valence-electron chi connectivity index (χ3n) is 5.62. The van der Waals surface area contributed by atoms with Crippen LogP contribution in [0.2, 0.25) is 5.02 Å². The highest BCUT2D eigenvalue weighted by Crippen LogP contribution is 2.60. The Labute approximate surface area is 143 Å². The molecule has 3 fully saturated rings. The summed E-state index contributed by atoms with van der Waals surface area (Å²) in [7, 11) is 0. The standard InChI is InChI=1S/C17H15ClN2O4/c1-16-6-11(21)17(2,24-16)13-12(16)14(22)20(15(13)23)9-3-4-10(18)8(5-9)7-19/h3-5,11-13,21H,6H2,1-2H3/t11-,12+,13-,16-,17+/m0/s1. The molecule has 2 bridgehead atoms. The number of imide groups is 1. The Morgan fingerprint density at radius 2 is 2.00 bits per heavy atom. The third-order valence-corrected chi connectivity index (χ3v) is 5.95. The number of nitriles is 1. The van der Waals surface area contributed by atoms with Gasteiger partial charge in [0, 0.05) is 6.42 Å². The molecule has 1 aromatic rings. The number of rotatable bonds is 1. The molecule has 0 aromatic heterocycles. The molecule has 1 aromatic carbocycles. The topological polar surface area (TPSA) is 90.6 Å². The van der Waals surface area contributed by atoms with Crippen LogP contribution < -0.4 is 4.90 Å².